The van der Waals surface area contributed by atoms with Gasteiger partial charge >= 0.3 is 0 Å². The zero-order chi connectivity index (χ0) is 22.2. The normalized spacial score (nSPS) is 17.2. The summed E-state index contributed by atoms with van der Waals surface area (Å²) in [6.45, 7) is 5.43. The first kappa shape index (κ1) is 20.4. The summed E-state index contributed by atoms with van der Waals surface area (Å²) in [7, 11) is 0. The second-order valence-corrected chi connectivity index (χ2v) is 8.46. The first-order chi connectivity index (χ1) is 15.5. The van der Waals surface area contributed by atoms with Crippen LogP contribution < -0.4 is 21.3 Å². The summed E-state index contributed by atoms with van der Waals surface area (Å²) in [6, 6.07) is 6.28. The van der Waals surface area contributed by atoms with E-state index in [0.29, 0.717) is 29.5 Å². The van der Waals surface area contributed by atoms with Crippen molar-refractivity contribution in [3.63, 3.8) is 0 Å². The number of carbonyl (C=O) groups is 2. The second-order valence-electron chi connectivity index (χ2n) is 8.46. The molecule has 3 aromatic rings. The Hall–Kier alpha value is -3.46. The number of nitrogens with one attached hydrogen (secondary N) is 4. The number of amides is 2. The zero-order valence-electron chi connectivity index (χ0n) is 18.2. The van der Waals surface area contributed by atoms with E-state index in [2.05, 4.69) is 31.3 Å². The molecule has 0 radical (unpaired) electrons. The lowest BCUT2D eigenvalue weighted by atomic mass is 10.1. The molecule has 1 unspecified atom stereocenters. The van der Waals surface area contributed by atoms with E-state index in [1.807, 2.05) is 32.0 Å². The number of rotatable bonds is 8. The Morgan fingerprint density at radius 2 is 2.06 bits per heavy atom. The Labute approximate surface area is 186 Å². The minimum absolute atomic E-state index is 0.0626. The van der Waals surface area contributed by atoms with Crippen molar-refractivity contribution in [1.82, 2.24) is 30.5 Å². The van der Waals surface area contributed by atoms with E-state index in [0.717, 1.165) is 48.1 Å². The van der Waals surface area contributed by atoms with Crippen molar-refractivity contribution in [2.75, 3.05) is 18.4 Å². The largest absolute Gasteiger partial charge is 0.352 e. The lowest BCUT2D eigenvalue weighted by molar-refractivity contribution is 0.0943. The average molecular weight is 434 g/mol. The van der Waals surface area contributed by atoms with Gasteiger partial charge in [-0.15, -0.1) is 0 Å². The van der Waals surface area contributed by atoms with Gasteiger partial charge < -0.3 is 21.3 Å². The molecule has 1 atom stereocenters. The van der Waals surface area contributed by atoms with Gasteiger partial charge in [0.2, 0.25) is 0 Å². The van der Waals surface area contributed by atoms with Crippen LogP contribution in [0.5, 0.6) is 0 Å². The van der Waals surface area contributed by atoms with Gasteiger partial charge in [-0.3, -0.25) is 9.59 Å². The van der Waals surface area contributed by atoms with Crippen LogP contribution in [0.2, 0.25) is 0 Å². The van der Waals surface area contributed by atoms with Gasteiger partial charge in [0.25, 0.3) is 11.8 Å². The van der Waals surface area contributed by atoms with Crippen LogP contribution >= 0.6 is 0 Å². The van der Waals surface area contributed by atoms with Crippen molar-refractivity contribution in [3.05, 3.63) is 53.0 Å². The molecule has 2 amide bonds. The molecule has 1 aliphatic heterocycles. The van der Waals surface area contributed by atoms with Crippen LogP contribution in [0.4, 0.5) is 11.5 Å². The lowest BCUT2D eigenvalue weighted by Crippen LogP contribution is -2.25. The minimum Gasteiger partial charge on any atom is -0.352 e. The fourth-order valence-corrected chi connectivity index (χ4v) is 3.83. The molecule has 2 aromatic heterocycles. The standard InChI is InChI=1S/C23H27N7O2/c1-3-8-24-23(32)17-11-30-20(13(17)2)21(26-12-27-30)29-18-9-14(22(31)28-15-5-6-15)4-7-16(18)19-10-25-19/h4,7,9,11-12,15,19,25H,3,5-6,8,10H2,1-2H3,(H,24,32)(H,28,31)(H,26,27,29). The van der Waals surface area contributed by atoms with Crippen LogP contribution in [0.15, 0.2) is 30.7 Å². The molecule has 0 bridgehead atoms. The summed E-state index contributed by atoms with van der Waals surface area (Å²) in [4.78, 5) is 29.6. The SMILES string of the molecule is CCCNC(=O)c1cn2ncnc(Nc3cc(C(=O)NC4CC4)ccc3C3CN3)c2c1C. The molecule has 1 aliphatic carbocycles. The van der Waals surface area contributed by atoms with E-state index in [-0.39, 0.29) is 17.9 Å². The lowest BCUT2D eigenvalue weighted by Gasteiger charge is -2.14. The van der Waals surface area contributed by atoms with Crippen LogP contribution in [0, 0.1) is 6.92 Å². The molecule has 2 fully saturated rings. The molecule has 0 spiro atoms. The Balaban J connectivity index is 1.50. The predicted octanol–water partition coefficient (Wildman–Crippen LogP) is 2.46. The third-order valence-electron chi connectivity index (χ3n) is 5.87. The summed E-state index contributed by atoms with van der Waals surface area (Å²) >= 11 is 0. The van der Waals surface area contributed by atoms with E-state index in [4.69, 9.17) is 0 Å². The highest BCUT2D eigenvalue weighted by Crippen LogP contribution is 2.33. The fourth-order valence-electron chi connectivity index (χ4n) is 3.83. The van der Waals surface area contributed by atoms with Gasteiger partial charge in [-0.1, -0.05) is 13.0 Å². The smallest absolute Gasteiger partial charge is 0.253 e. The zero-order valence-corrected chi connectivity index (χ0v) is 18.2. The topological polar surface area (TPSA) is 122 Å². The minimum atomic E-state index is -0.123. The number of anilines is 2. The van der Waals surface area contributed by atoms with Crippen molar-refractivity contribution >= 4 is 28.8 Å². The Morgan fingerprint density at radius 3 is 2.78 bits per heavy atom. The molecule has 1 aromatic carbocycles. The number of hydrogen-bond acceptors (Lipinski definition) is 6. The van der Waals surface area contributed by atoms with Gasteiger partial charge in [-0.25, -0.2) is 9.50 Å². The first-order valence-corrected chi connectivity index (χ1v) is 11.1. The number of hydrogen-bond donors (Lipinski definition) is 4. The van der Waals surface area contributed by atoms with Gasteiger partial charge in [0.05, 0.1) is 5.56 Å². The molecular formula is C23H27N7O2. The van der Waals surface area contributed by atoms with Crippen molar-refractivity contribution < 1.29 is 9.59 Å². The quantitative estimate of drug-likeness (QED) is 0.405. The van der Waals surface area contributed by atoms with Gasteiger partial charge in [0, 0.05) is 42.6 Å². The van der Waals surface area contributed by atoms with Crippen LogP contribution in [0.1, 0.15) is 64.1 Å². The number of fused-ring (bicyclic) bond motifs is 1. The summed E-state index contributed by atoms with van der Waals surface area (Å²) in [5, 5.41) is 17.0. The molecule has 2 aliphatic rings. The maximum absolute atomic E-state index is 12.6. The highest BCUT2D eigenvalue weighted by Gasteiger charge is 2.28. The number of aromatic nitrogens is 3. The molecule has 1 saturated carbocycles. The summed E-state index contributed by atoms with van der Waals surface area (Å²) in [5.74, 6) is 0.406. The summed E-state index contributed by atoms with van der Waals surface area (Å²) in [5.41, 5.74) is 4.62. The molecule has 3 heterocycles. The van der Waals surface area contributed by atoms with E-state index < -0.39 is 0 Å². The fraction of sp³-hybridized carbons (Fsp3) is 0.391. The molecular weight excluding hydrogens is 406 g/mol. The van der Waals surface area contributed by atoms with Gasteiger partial charge in [-0.2, -0.15) is 5.10 Å². The molecule has 4 N–H and O–H groups in total. The molecule has 9 heteroatoms. The summed E-state index contributed by atoms with van der Waals surface area (Å²) < 4.78 is 1.67. The predicted molar refractivity (Wildman–Crippen MR) is 121 cm³/mol. The highest BCUT2D eigenvalue weighted by molar-refractivity contribution is 5.99. The number of carbonyl (C=O) groups excluding carboxylic acids is 2. The highest BCUT2D eigenvalue weighted by atomic mass is 16.2. The maximum atomic E-state index is 12.6. The Morgan fingerprint density at radius 1 is 1.25 bits per heavy atom. The van der Waals surface area contributed by atoms with Crippen molar-refractivity contribution in [1.29, 1.82) is 0 Å². The van der Waals surface area contributed by atoms with E-state index in [9.17, 15) is 9.59 Å². The van der Waals surface area contributed by atoms with Gasteiger partial charge in [0.15, 0.2) is 5.82 Å². The van der Waals surface area contributed by atoms with E-state index >= 15 is 0 Å². The number of benzene rings is 1. The van der Waals surface area contributed by atoms with E-state index in [1.54, 1.807) is 10.7 Å². The van der Waals surface area contributed by atoms with E-state index in [1.165, 1.54) is 6.33 Å². The second kappa shape index (κ2) is 8.23. The molecule has 32 heavy (non-hydrogen) atoms. The number of aryl methyl sites for hydroxylation is 1. The molecule has 5 rings (SSSR count). The first-order valence-electron chi connectivity index (χ1n) is 11.1. The molecule has 1 saturated heterocycles. The Kier molecular flexibility index (Phi) is 5.26. The third-order valence-corrected chi connectivity index (χ3v) is 5.87. The molecule has 166 valence electrons. The van der Waals surface area contributed by atoms with Crippen molar-refractivity contribution in [3.8, 4) is 0 Å². The van der Waals surface area contributed by atoms with Crippen molar-refractivity contribution in [2.45, 2.75) is 45.2 Å². The van der Waals surface area contributed by atoms with Crippen LogP contribution in [0.3, 0.4) is 0 Å². The Bertz CT molecular complexity index is 1190. The monoisotopic (exact) mass is 433 g/mol. The maximum Gasteiger partial charge on any atom is 0.253 e. The summed E-state index contributed by atoms with van der Waals surface area (Å²) in [6.07, 6.45) is 6.14. The number of nitrogens with zero attached hydrogens (tertiary/aromatic N) is 3. The van der Waals surface area contributed by atoms with Crippen LogP contribution in [0.25, 0.3) is 5.52 Å². The molecule has 9 nitrogen and oxygen atoms in total. The van der Waals surface area contributed by atoms with Crippen LogP contribution in [-0.2, 0) is 0 Å². The average Bonchev–Trinajstić information content (AvgIpc) is 3.72. The third kappa shape index (κ3) is 4.03. The van der Waals surface area contributed by atoms with Crippen molar-refractivity contribution in [2.24, 2.45) is 0 Å². The van der Waals surface area contributed by atoms with Gasteiger partial charge in [0.1, 0.15) is 11.8 Å². The van der Waals surface area contributed by atoms with Crippen LogP contribution in [-0.4, -0.2) is 45.5 Å². The van der Waals surface area contributed by atoms with Gasteiger partial charge in [-0.05, 0) is 49.4 Å².